The molecule has 1 aliphatic rings. The molecule has 8 heteroatoms. The Labute approximate surface area is 145 Å². The van der Waals surface area contributed by atoms with Gasteiger partial charge in [0.1, 0.15) is 0 Å². The minimum atomic E-state index is -3.17. The molecule has 1 saturated carbocycles. The summed E-state index contributed by atoms with van der Waals surface area (Å²) in [6, 6.07) is -0.0232. The number of hydrogen-bond acceptors (Lipinski definition) is 3. The van der Waals surface area contributed by atoms with Crippen molar-refractivity contribution in [2.45, 2.75) is 58.0 Å². The van der Waals surface area contributed by atoms with E-state index in [-0.39, 0.29) is 41.5 Å². The highest BCUT2D eigenvalue weighted by Crippen LogP contribution is 2.25. The summed E-state index contributed by atoms with van der Waals surface area (Å²) < 4.78 is 25.5. The van der Waals surface area contributed by atoms with Crippen LogP contribution in [0.2, 0.25) is 0 Å². The summed E-state index contributed by atoms with van der Waals surface area (Å²) in [6.45, 7) is 6.61. The smallest absolute Gasteiger partial charge is 0.208 e. The van der Waals surface area contributed by atoms with Crippen LogP contribution in [0.1, 0.15) is 46.5 Å². The minimum Gasteiger partial charge on any atom is -0.370 e. The summed E-state index contributed by atoms with van der Waals surface area (Å²) in [5, 5.41) is 3.11. The van der Waals surface area contributed by atoms with Crippen molar-refractivity contribution in [3.05, 3.63) is 0 Å². The second-order valence-electron chi connectivity index (χ2n) is 6.64. The summed E-state index contributed by atoms with van der Waals surface area (Å²) in [6.07, 6.45) is 5.24. The Morgan fingerprint density at radius 1 is 1.29 bits per heavy atom. The molecule has 1 aliphatic carbocycles. The normalized spacial score (nSPS) is 24.3. The molecule has 0 radical (unpaired) electrons. The van der Waals surface area contributed by atoms with E-state index in [0.29, 0.717) is 12.5 Å². The molecule has 1 fully saturated rings. The highest BCUT2D eigenvalue weighted by Gasteiger charge is 2.27. The third-order valence-electron chi connectivity index (χ3n) is 3.27. The Kier molecular flexibility index (Phi) is 8.48. The van der Waals surface area contributed by atoms with E-state index in [9.17, 15) is 8.42 Å². The largest absolute Gasteiger partial charge is 0.370 e. The lowest BCUT2D eigenvalue weighted by Crippen LogP contribution is -2.46. The summed E-state index contributed by atoms with van der Waals surface area (Å²) >= 11 is 0. The van der Waals surface area contributed by atoms with Gasteiger partial charge in [-0.15, -0.1) is 24.0 Å². The second kappa shape index (κ2) is 8.52. The number of halogens is 1. The molecule has 0 spiro atoms. The standard InChI is InChI=1S/C13H28N4O2S.HI/c1-13(2,3)16-12(14)15-9-10-7-5-6-8-11(10)17-20(4,18)19;/h10-11,17H,5-9H2,1-4H3,(H3,14,15,16);1H. The number of nitrogens with zero attached hydrogens (tertiary/aromatic N) is 1. The van der Waals surface area contributed by atoms with Gasteiger partial charge in [-0.1, -0.05) is 12.8 Å². The monoisotopic (exact) mass is 432 g/mol. The topological polar surface area (TPSA) is 96.6 Å². The zero-order valence-electron chi connectivity index (χ0n) is 13.3. The van der Waals surface area contributed by atoms with E-state index in [4.69, 9.17) is 5.73 Å². The predicted molar refractivity (Wildman–Crippen MR) is 98.5 cm³/mol. The molecular weight excluding hydrogens is 403 g/mol. The summed E-state index contributed by atoms with van der Waals surface area (Å²) in [7, 11) is -3.17. The SMILES string of the molecule is CC(C)(C)NC(N)=NCC1CCCCC1NS(C)(=O)=O.I. The minimum absolute atomic E-state index is 0. The molecule has 0 amide bonds. The van der Waals surface area contributed by atoms with Crippen LogP contribution in [0, 0.1) is 5.92 Å². The van der Waals surface area contributed by atoms with Crippen LogP contribution in [-0.2, 0) is 10.0 Å². The molecule has 0 bridgehead atoms. The molecule has 0 aromatic rings. The van der Waals surface area contributed by atoms with Gasteiger partial charge in [0.05, 0.1) is 6.26 Å². The van der Waals surface area contributed by atoms with Crippen LogP contribution in [0.15, 0.2) is 4.99 Å². The maximum atomic E-state index is 11.4. The predicted octanol–water partition coefficient (Wildman–Crippen LogP) is 1.42. The van der Waals surface area contributed by atoms with E-state index in [2.05, 4.69) is 15.0 Å². The van der Waals surface area contributed by atoms with Gasteiger partial charge in [-0.3, -0.25) is 4.99 Å². The van der Waals surface area contributed by atoms with Crippen LogP contribution in [0.5, 0.6) is 0 Å². The summed E-state index contributed by atoms with van der Waals surface area (Å²) in [5.74, 6) is 0.639. The first-order valence-corrected chi connectivity index (χ1v) is 9.01. The van der Waals surface area contributed by atoms with Gasteiger partial charge >= 0.3 is 0 Å². The number of sulfonamides is 1. The summed E-state index contributed by atoms with van der Waals surface area (Å²) in [4.78, 5) is 4.36. The fourth-order valence-corrected chi connectivity index (χ4v) is 3.36. The molecule has 4 N–H and O–H groups in total. The van der Waals surface area contributed by atoms with E-state index < -0.39 is 10.0 Å². The molecule has 2 atom stereocenters. The molecule has 0 heterocycles. The molecule has 0 aromatic heterocycles. The Balaban J connectivity index is 0.00000400. The zero-order valence-corrected chi connectivity index (χ0v) is 16.5. The van der Waals surface area contributed by atoms with Crippen molar-refractivity contribution in [2.75, 3.05) is 12.8 Å². The number of aliphatic imine (C=N–C) groups is 1. The molecule has 0 saturated heterocycles. The van der Waals surface area contributed by atoms with Crippen molar-refractivity contribution in [2.24, 2.45) is 16.6 Å². The fourth-order valence-electron chi connectivity index (χ4n) is 2.50. The van der Waals surface area contributed by atoms with Gasteiger partial charge in [0.2, 0.25) is 10.0 Å². The van der Waals surface area contributed by atoms with Gasteiger partial charge in [-0.05, 0) is 39.5 Å². The number of nitrogens with one attached hydrogen (secondary N) is 2. The fraction of sp³-hybridized carbons (Fsp3) is 0.923. The van der Waals surface area contributed by atoms with Crippen molar-refractivity contribution in [3.8, 4) is 0 Å². The highest BCUT2D eigenvalue weighted by molar-refractivity contribution is 14.0. The van der Waals surface area contributed by atoms with E-state index >= 15 is 0 Å². The highest BCUT2D eigenvalue weighted by atomic mass is 127. The van der Waals surface area contributed by atoms with E-state index in [0.717, 1.165) is 25.7 Å². The maximum absolute atomic E-state index is 11.4. The van der Waals surface area contributed by atoms with Gasteiger partial charge in [-0.25, -0.2) is 13.1 Å². The zero-order chi connectivity index (χ0) is 15.4. The van der Waals surface area contributed by atoms with Crippen molar-refractivity contribution in [1.29, 1.82) is 0 Å². The Morgan fingerprint density at radius 2 is 1.86 bits per heavy atom. The Morgan fingerprint density at radius 3 is 2.38 bits per heavy atom. The van der Waals surface area contributed by atoms with Crippen LogP contribution in [0.4, 0.5) is 0 Å². The third kappa shape index (κ3) is 9.51. The van der Waals surface area contributed by atoms with E-state index in [1.807, 2.05) is 20.8 Å². The number of nitrogens with two attached hydrogens (primary N) is 1. The van der Waals surface area contributed by atoms with E-state index in [1.165, 1.54) is 6.26 Å². The van der Waals surface area contributed by atoms with Crippen LogP contribution in [0.3, 0.4) is 0 Å². The number of rotatable bonds is 4. The lowest BCUT2D eigenvalue weighted by Gasteiger charge is -2.30. The van der Waals surface area contributed by atoms with Crippen LogP contribution >= 0.6 is 24.0 Å². The molecule has 0 aliphatic heterocycles. The number of hydrogen-bond donors (Lipinski definition) is 3. The molecular formula is C13H29IN4O2S. The maximum Gasteiger partial charge on any atom is 0.208 e. The molecule has 1 rings (SSSR count). The van der Waals surface area contributed by atoms with Crippen molar-refractivity contribution >= 4 is 40.0 Å². The second-order valence-corrected chi connectivity index (χ2v) is 8.42. The Bertz CT molecular complexity index is 446. The average Bonchev–Trinajstić information content (AvgIpc) is 2.23. The first kappa shape index (κ1) is 20.9. The van der Waals surface area contributed by atoms with Gasteiger partial charge in [-0.2, -0.15) is 0 Å². The number of guanidine groups is 1. The molecule has 21 heavy (non-hydrogen) atoms. The molecule has 126 valence electrons. The lowest BCUT2D eigenvalue weighted by atomic mass is 9.85. The molecule has 0 aromatic carbocycles. The lowest BCUT2D eigenvalue weighted by molar-refractivity contribution is 0.296. The van der Waals surface area contributed by atoms with Gasteiger partial charge in [0.25, 0.3) is 0 Å². The van der Waals surface area contributed by atoms with Gasteiger partial charge in [0.15, 0.2) is 5.96 Å². The first-order chi connectivity index (χ1) is 9.07. The Hall–Kier alpha value is -0.0900. The van der Waals surface area contributed by atoms with E-state index in [1.54, 1.807) is 0 Å². The van der Waals surface area contributed by atoms with Crippen molar-refractivity contribution in [3.63, 3.8) is 0 Å². The quantitative estimate of drug-likeness (QED) is 0.356. The van der Waals surface area contributed by atoms with Crippen molar-refractivity contribution in [1.82, 2.24) is 10.0 Å². The molecule has 2 unspecified atom stereocenters. The van der Waals surface area contributed by atoms with Crippen LogP contribution in [-0.4, -0.2) is 38.8 Å². The molecule has 6 nitrogen and oxygen atoms in total. The van der Waals surface area contributed by atoms with Gasteiger partial charge < -0.3 is 11.1 Å². The third-order valence-corrected chi connectivity index (χ3v) is 4.00. The average molecular weight is 432 g/mol. The van der Waals surface area contributed by atoms with Crippen LogP contribution < -0.4 is 15.8 Å². The van der Waals surface area contributed by atoms with Gasteiger partial charge in [0, 0.05) is 18.1 Å². The summed E-state index contributed by atoms with van der Waals surface area (Å²) in [5.41, 5.74) is 5.73. The van der Waals surface area contributed by atoms with Crippen LogP contribution in [0.25, 0.3) is 0 Å². The first-order valence-electron chi connectivity index (χ1n) is 7.12. The van der Waals surface area contributed by atoms with Crippen molar-refractivity contribution < 1.29 is 8.42 Å².